The largest absolute Gasteiger partial charge is 0.370 e. The lowest BCUT2D eigenvalue weighted by atomic mass is 9.96. The number of methoxy groups -OCH3 is 2. The van der Waals surface area contributed by atoms with E-state index in [2.05, 4.69) is 48.2 Å². The summed E-state index contributed by atoms with van der Waals surface area (Å²) >= 11 is 0. The van der Waals surface area contributed by atoms with E-state index in [0.717, 1.165) is 48.3 Å². The van der Waals surface area contributed by atoms with Crippen LogP contribution in [0.3, 0.4) is 0 Å². The van der Waals surface area contributed by atoms with Gasteiger partial charge in [-0.15, -0.1) is 0 Å². The van der Waals surface area contributed by atoms with Gasteiger partial charge in [-0.2, -0.15) is 5.26 Å². The van der Waals surface area contributed by atoms with E-state index in [1.165, 1.54) is 5.56 Å². The Morgan fingerprint density at radius 3 is 2.20 bits per heavy atom. The Morgan fingerprint density at radius 2 is 1.64 bits per heavy atom. The van der Waals surface area contributed by atoms with E-state index in [4.69, 9.17) is 9.47 Å². The Labute approximate surface area is 149 Å². The Morgan fingerprint density at radius 1 is 1.00 bits per heavy atom. The molecule has 0 amide bonds. The normalized spacial score (nSPS) is 14.1. The molecule has 0 aromatic heterocycles. The quantitative estimate of drug-likeness (QED) is 0.758. The van der Waals surface area contributed by atoms with Gasteiger partial charge in [-0.25, -0.2) is 0 Å². The van der Waals surface area contributed by atoms with Crippen molar-refractivity contribution >= 4 is 5.69 Å². The van der Waals surface area contributed by atoms with Gasteiger partial charge in [-0.05, 0) is 43.0 Å². The molecule has 0 unspecified atom stereocenters. The number of anilines is 1. The van der Waals surface area contributed by atoms with E-state index < -0.39 is 6.29 Å². The fourth-order valence-corrected chi connectivity index (χ4v) is 3.43. The second-order valence-electron chi connectivity index (χ2n) is 6.43. The number of hydrogen-bond donors (Lipinski definition) is 0. The second-order valence-corrected chi connectivity index (χ2v) is 6.43. The molecule has 0 N–H and O–H groups in total. The van der Waals surface area contributed by atoms with Gasteiger partial charge in [0.25, 0.3) is 0 Å². The summed E-state index contributed by atoms with van der Waals surface area (Å²) in [7, 11) is 3.20. The van der Waals surface area contributed by atoms with E-state index >= 15 is 0 Å². The summed E-state index contributed by atoms with van der Waals surface area (Å²) in [5.41, 5.74) is 5.84. The smallest absolute Gasteiger partial charge is 0.184 e. The standard InChI is InChI=1S/C21H24N2O2/c1-15-6-8-16(9-7-15)17-12-18(21(24-2)25-3)19(14-22)20(13-17)23-10-4-5-11-23/h6-9,12-13,21H,4-5,10-11H2,1-3H3. The van der Waals surface area contributed by atoms with Gasteiger partial charge in [0.15, 0.2) is 6.29 Å². The van der Waals surface area contributed by atoms with Crippen LogP contribution in [0.15, 0.2) is 36.4 Å². The molecule has 2 aromatic rings. The summed E-state index contributed by atoms with van der Waals surface area (Å²) in [6.07, 6.45) is 1.77. The molecule has 0 atom stereocenters. The van der Waals surface area contributed by atoms with Crippen molar-refractivity contribution in [2.75, 3.05) is 32.2 Å². The van der Waals surface area contributed by atoms with Gasteiger partial charge in [0.05, 0.1) is 11.3 Å². The number of rotatable bonds is 5. The van der Waals surface area contributed by atoms with Crippen molar-refractivity contribution in [3.8, 4) is 17.2 Å². The summed E-state index contributed by atoms with van der Waals surface area (Å²) in [6, 6.07) is 15.0. The molecule has 0 bridgehead atoms. The highest BCUT2D eigenvalue weighted by atomic mass is 16.7. The van der Waals surface area contributed by atoms with Crippen LogP contribution in [0.1, 0.15) is 35.8 Å². The van der Waals surface area contributed by atoms with Crippen molar-refractivity contribution in [2.24, 2.45) is 0 Å². The zero-order chi connectivity index (χ0) is 17.8. The van der Waals surface area contributed by atoms with Crippen LogP contribution in [0.4, 0.5) is 5.69 Å². The van der Waals surface area contributed by atoms with Crippen molar-refractivity contribution in [3.63, 3.8) is 0 Å². The molecule has 4 nitrogen and oxygen atoms in total. The average Bonchev–Trinajstić information content (AvgIpc) is 3.17. The van der Waals surface area contributed by atoms with Crippen LogP contribution >= 0.6 is 0 Å². The number of nitrogens with zero attached hydrogens (tertiary/aromatic N) is 2. The third kappa shape index (κ3) is 3.53. The van der Waals surface area contributed by atoms with Crippen molar-refractivity contribution in [1.29, 1.82) is 5.26 Å². The molecule has 0 saturated carbocycles. The average molecular weight is 336 g/mol. The van der Waals surface area contributed by atoms with Crippen LogP contribution in [0, 0.1) is 18.3 Å². The number of benzene rings is 2. The summed E-state index contributed by atoms with van der Waals surface area (Å²) < 4.78 is 10.9. The first-order chi connectivity index (χ1) is 12.2. The molecular formula is C21H24N2O2. The molecule has 0 spiro atoms. The first-order valence-electron chi connectivity index (χ1n) is 8.63. The van der Waals surface area contributed by atoms with E-state index in [1.807, 2.05) is 6.07 Å². The second kappa shape index (κ2) is 7.69. The van der Waals surface area contributed by atoms with Crippen molar-refractivity contribution in [2.45, 2.75) is 26.1 Å². The summed E-state index contributed by atoms with van der Waals surface area (Å²) in [6.45, 7) is 4.04. The van der Waals surface area contributed by atoms with Gasteiger partial charge in [0.1, 0.15) is 6.07 Å². The van der Waals surface area contributed by atoms with E-state index in [9.17, 15) is 5.26 Å². The molecule has 1 aliphatic rings. The Balaban J connectivity index is 2.18. The lowest BCUT2D eigenvalue weighted by Crippen LogP contribution is -2.20. The van der Waals surface area contributed by atoms with E-state index in [0.29, 0.717) is 5.56 Å². The fourth-order valence-electron chi connectivity index (χ4n) is 3.43. The predicted molar refractivity (Wildman–Crippen MR) is 99.5 cm³/mol. The van der Waals surface area contributed by atoms with Crippen LogP contribution in [-0.4, -0.2) is 27.3 Å². The zero-order valence-electron chi connectivity index (χ0n) is 15.1. The van der Waals surface area contributed by atoms with Crippen molar-refractivity contribution in [3.05, 3.63) is 53.1 Å². The molecule has 3 rings (SSSR count). The number of aryl methyl sites for hydroxylation is 1. The molecule has 2 aromatic carbocycles. The molecular weight excluding hydrogens is 312 g/mol. The maximum absolute atomic E-state index is 9.81. The molecule has 0 radical (unpaired) electrons. The minimum atomic E-state index is -0.554. The molecule has 1 heterocycles. The van der Waals surface area contributed by atoms with Gasteiger partial charge in [0.2, 0.25) is 0 Å². The minimum absolute atomic E-state index is 0.554. The molecule has 1 aliphatic heterocycles. The van der Waals surface area contributed by atoms with Crippen LogP contribution < -0.4 is 4.90 Å². The van der Waals surface area contributed by atoms with Gasteiger partial charge in [-0.1, -0.05) is 29.8 Å². The third-order valence-electron chi connectivity index (χ3n) is 4.77. The zero-order valence-corrected chi connectivity index (χ0v) is 15.1. The molecule has 130 valence electrons. The van der Waals surface area contributed by atoms with Gasteiger partial charge >= 0.3 is 0 Å². The lowest BCUT2D eigenvalue weighted by Gasteiger charge is -2.24. The minimum Gasteiger partial charge on any atom is -0.370 e. The summed E-state index contributed by atoms with van der Waals surface area (Å²) in [5, 5.41) is 9.81. The van der Waals surface area contributed by atoms with Gasteiger partial charge < -0.3 is 14.4 Å². The fraction of sp³-hybridized carbons (Fsp3) is 0.381. The third-order valence-corrected chi connectivity index (χ3v) is 4.77. The number of hydrogen-bond acceptors (Lipinski definition) is 4. The first-order valence-corrected chi connectivity index (χ1v) is 8.63. The van der Waals surface area contributed by atoms with Crippen molar-refractivity contribution in [1.82, 2.24) is 0 Å². The van der Waals surface area contributed by atoms with E-state index in [1.54, 1.807) is 14.2 Å². The number of ether oxygens (including phenoxy) is 2. The molecule has 25 heavy (non-hydrogen) atoms. The monoisotopic (exact) mass is 336 g/mol. The van der Waals surface area contributed by atoms with E-state index in [-0.39, 0.29) is 0 Å². The van der Waals surface area contributed by atoms with Crippen LogP contribution in [0.2, 0.25) is 0 Å². The molecule has 4 heteroatoms. The Bertz CT molecular complexity index is 744. The Hall–Kier alpha value is -2.35. The predicted octanol–water partition coefficient (Wildman–Crippen LogP) is 4.43. The highest BCUT2D eigenvalue weighted by Gasteiger charge is 2.23. The molecule has 1 saturated heterocycles. The van der Waals surface area contributed by atoms with Crippen molar-refractivity contribution < 1.29 is 9.47 Å². The molecule has 1 fully saturated rings. The SMILES string of the molecule is COC(OC)c1cc(-c2ccc(C)cc2)cc(N2CCCC2)c1C#N. The Kier molecular flexibility index (Phi) is 5.37. The summed E-state index contributed by atoms with van der Waals surface area (Å²) in [5.74, 6) is 0. The van der Waals surface area contributed by atoms with Crippen LogP contribution in [0.5, 0.6) is 0 Å². The maximum atomic E-state index is 9.81. The van der Waals surface area contributed by atoms with Crippen LogP contribution in [0.25, 0.3) is 11.1 Å². The highest BCUT2D eigenvalue weighted by Crippen LogP contribution is 2.36. The maximum Gasteiger partial charge on any atom is 0.184 e. The van der Waals surface area contributed by atoms with Gasteiger partial charge in [0, 0.05) is 32.9 Å². The van der Waals surface area contributed by atoms with Crippen LogP contribution in [-0.2, 0) is 9.47 Å². The summed E-state index contributed by atoms with van der Waals surface area (Å²) in [4.78, 5) is 2.29. The number of nitriles is 1. The lowest BCUT2D eigenvalue weighted by molar-refractivity contribution is -0.106. The first kappa shape index (κ1) is 17.5. The molecule has 0 aliphatic carbocycles. The topological polar surface area (TPSA) is 45.5 Å². The highest BCUT2D eigenvalue weighted by molar-refractivity contribution is 5.75. The van der Waals surface area contributed by atoms with Gasteiger partial charge in [-0.3, -0.25) is 0 Å².